The van der Waals surface area contributed by atoms with E-state index in [9.17, 15) is 0 Å². The van der Waals surface area contributed by atoms with Crippen LogP contribution in [0.4, 0.5) is 0 Å². The predicted octanol–water partition coefficient (Wildman–Crippen LogP) is 2.75. The molecule has 1 aromatic rings. The number of hydrogen-bond acceptors (Lipinski definition) is 3. The smallest absolute Gasteiger partial charge is 0.191 e. The van der Waals surface area contributed by atoms with E-state index in [0.717, 1.165) is 25.6 Å². The Labute approximate surface area is 133 Å². The van der Waals surface area contributed by atoms with E-state index in [1.165, 1.54) is 4.88 Å². The first-order valence-corrected chi connectivity index (χ1v) is 8.47. The van der Waals surface area contributed by atoms with Crippen molar-refractivity contribution in [3.8, 4) is 0 Å². The van der Waals surface area contributed by atoms with Crippen LogP contribution in [0.25, 0.3) is 0 Å². The van der Waals surface area contributed by atoms with Crippen LogP contribution in [-0.4, -0.2) is 50.1 Å². The quantitative estimate of drug-likeness (QED) is 0.601. The molecule has 5 heteroatoms. The van der Waals surface area contributed by atoms with E-state index < -0.39 is 0 Å². The van der Waals surface area contributed by atoms with E-state index in [4.69, 9.17) is 4.99 Å². The molecule has 0 aromatic carbocycles. The van der Waals surface area contributed by atoms with Gasteiger partial charge in [0.1, 0.15) is 0 Å². The number of guanidine groups is 1. The van der Waals surface area contributed by atoms with E-state index in [-0.39, 0.29) is 5.54 Å². The molecule has 1 aromatic heterocycles. The molecule has 0 aliphatic rings. The molecule has 0 saturated heterocycles. The SMILES string of the molecule is CCNC(=NCC(C)(C)N(C)C)NCC(C)c1cccs1. The first-order valence-electron chi connectivity index (χ1n) is 7.60. The van der Waals surface area contributed by atoms with Gasteiger partial charge in [-0.3, -0.25) is 4.99 Å². The Morgan fingerprint density at radius 3 is 2.62 bits per heavy atom. The molecule has 1 heterocycles. The van der Waals surface area contributed by atoms with Gasteiger partial charge in [0.05, 0.1) is 6.54 Å². The van der Waals surface area contributed by atoms with Crippen molar-refractivity contribution < 1.29 is 0 Å². The summed E-state index contributed by atoms with van der Waals surface area (Å²) in [4.78, 5) is 8.33. The van der Waals surface area contributed by atoms with Crippen molar-refractivity contribution >= 4 is 17.3 Å². The van der Waals surface area contributed by atoms with Crippen LogP contribution in [0.1, 0.15) is 38.5 Å². The van der Waals surface area contributed by atoms with E-state index in [1.807, 2.05) is 11.3 Å². The van der Waals surface area contributed by atoms with Crippen LogP contribution in [0.15, 0.2) is 22.5 Å². The number of likely N-dealkylation sites (N-methyl/N-ethyl adjacent to an activating group) is 1. The Morgan fingerprint density at radius 1 is 1.38 bits per heavy atom. The Kier molecular flexibility index (Phi) is 7.18. The Hall–Kier alpha value is -1.07. The molecule has 0 amide bonds. The zero-order chi connectivity index (χ0) is 15.9. The fourth-order valence-electron chi connectivity index (χ4n) is 1.68. The summed E-state index contributed by atoms with van der Waals surface area (Å²) < 4.78 is 0. The minimum absolute atomic E-state index is 0.0573. The lowest BCUT2D eigenvalue weighted by molar-refractivity contribution is 0.204. The van der Waals surface area contributed by atoms with Crippen molar-refractivity contribution in [2.75, 3.05) is 33.7 Å². The largest absolute Gasteiger partial charge is 0.357 e. The fourth-order valence-corrected chi connectivity index (χ4v) is 2.46. The van der Waals surface area contributed by atoms with Crippen LogP contribution in [0, 0.1) is 0 Å². The first kappa shape index (κ1) is 18.0. The van der Waals surface area contributed by atoms with Crippen molar-refractivity contribution in [3.63, 3.8) is 0 Å². The van der Waals surface area contributed by atoms with Gasteiger partial charge >= 0.3 is 0 Å². The molecule has 1 rings (SSSR count). The summed E-state index contributed by atoms with van der Waals surface area (Å²) in [6.45, 7) is 11.3. The van der Waals surface area contributed by atoms with Gasteiger partial charge in [0.25, 0.3) is 0 Å². The second kappa shape index (κ2) is 8.39. The van der Waals surface area contributed by atoms with E-state index >= 15 is 0 Å². The maximum atomic E-state index is 4.72. The highest BCUT2D eigenvalue weighted by Crippen LogP contribution is 2.19. The molecule has 0 fully saturated rings. The standard InChI is InChI=1S/C16H30N4S/c1-7-17-15(19-12-16(3,4)20(5)6)18-11-13(2)14-9-8-10-21-14/h8-10,13H,7,11-12H2,1-6H3,(H2,17,18,19). The third kappa shape index (κ3) is 6.06. The molecule has 0 radical (unpaired) electrons. The third-order valence-corrected chi connectivity index (χ3v) is 4.89. The maximum Gasteiger partial charge on any atom is 0.191 e. The molecule has 0 aliphatic carbocycles. The number of aliphatic imine (C=N–C) groups is 1. The van der Waals surface area contributed by atoms with Gasteiger partial charge in [-0.15, -0.1) is 11.3 Å². The molecule has 4 nitrogen and oxygen atoms in total. The highest BCUT2D eigenvalue weighted by atomic mass is 32.1. The number of nitrogens with zero attached hydrogens (tertiary/aromatic N) is 2. The van der Waals surface area contributed by atoms with Crippen molar-refractivity contribution in [1.29, 1.82) is 0 Å². The Bertz CT molecular complexity index is 423. The van der Waals surface area contributed by atoms with Crippen molar-refractivity contribution in [2.24, 2.45) is 4.99 Å². The lowest BCUT2D eigenvalue weighted by Crippen LogP contribution is -2.44. The van der Waals surface area contributed by atoms with Gasteiger partial charge < -0.3 is 15.5 Å². The van der Waals surface area contributed by atoms with Crippen molar-refractivity contribution in [1.82, 2.24) is 15.5 Å². The topological polar surface area (TPSA) is 39.7 Å². The number of rotatable bonds is 7. The van der Waals surface area contributed by atoms with Crippen molar-refractivity contribution in [2.45, 2.75) is 39.2 Å². The molecular weight excluding hydrogens is 280 g/mol. The summed E-state index contributed by atoms with van der Waals surface area (Å²) in [6.07, 6.45) is 0. The summed E-state index contributed by atoms with van der Waals surface area (Å²) in [5.41, 5.74) is 0.0573. The average Bonchev–Trinajstić information content (AvgIpc) is 2.95. The molecule has 2 N–H and O–H groups in total. The molecule has 0 spiro atoms. The van der Waals surface area contributed by atoms with E-state index in [2.05, 4.69) is 74.8 Å². The predicted molar refractivity (Wildman–Crippen MR) is 94.5 cm³/mol. The van der Waals surface area contributed by atoms with Gasteiger partial charge in [-0.25, -0.2) is 0 Å². The number of nitrogens with one attached hydrogen (secondary N) is 2. The highest BCUT2D eigenvalue weighted by Gasteiger charge is 2.20. The molecule has 1 unspecified atom stereocenters. The summed E-state index contributed by atoms with van der Waals surface area (Å²) >= 11 is 1.81. The van der Waals surface area contributed by atoms with Crippen LogP contribution in [0.2, 0.25) is 0 Å². The molecule has 0 aliphatic heterocycles. The van der Waals surface area contributed by atoms with Crippen LogP contribution >= 0.6 is 11.3 Å². The number of hydrogen-bond donors (Lipinski definition) is 2. The van der Waals surface area contributed by atoms with Gasteiger partial charge in [0.2, 0.25) is 0 Å². The van der Waals surface area contributed by atoms with Gasteiger partial charge in [-0.05, 0) is 46.3 Å². The van der Waals surface area contributed by atoms with Gasteiger partial charge in [-0.1, -0.05) is 13.0 Å². The molecule has 1 atom stereocenters. The zero-order valence-electron chi connectivity index (χ0n) is 14.2. The van der Waals surface area contributed by atoms with E-state index in [1.54, 1.807) is 0 Å². The maximum absolute atomic E-state index is 4.72. The second-order valence-corrected chi connectivity index (χ2v) is 7.18. The normalized spacial score (nSPS) is 14.3. The first-order chi connectivity index (χ1) is 9.86. The summed E-state index contributed by atoms with van der Waals surface area (Å²) in [5, 5.41) is 8.90. The van der Waals surface area contributed by atoms with Gasteiger partial charge in [0, 0.05) is 29.4 Å². The fraction of sp³-hybridized carbons (Fsp3) is 0.688. The molecule has 0 bridgehead atoms. The molecular formula is C16H30N4S. The lowest BCUT2D eigenvalue weighted by atomic mass is 10.1. The Morgan fingerprint density at radius 2 is 2.10 bits per heavy atom. The molecule has 21 heavy (non-hydrogen) atoms. The molecule has 0 saturated carbocycles. The summed E-state index contributed by atoms with van der Waals surface area (Å²) in [7, 11) is 4.18. The van der Waals surface area contributed by atoms with Crippen LogP contribution in [0.5, 0.6) is 0 Å². The summed E-state index contributed by atoms with van der Waals surface area (Å²) in [5.74, 6) is 1.39. The van der Waals surface area contributed by atoms with Crippen LogP contribution in [0.3, 0.4) is 0 Å². The van der Waals surface area contributed by atoms with Crippen LogP contribution < -0.4 is 10.6 Å². The monoisotopic (exact) mass is 310 g/mol. The minimum Gasteiger partial charge on any atom is -0.357 e. The third-order valence-electron chi connectivity index (χ3n) is 3.78. The zero-order valence-corrected chi connectivity index (χ0v) is 15.0. The average molecular weight is 311 g/mol. The minimum atomic E-state index is 0.0573. The molecule has 120 valence electrons. The van der Waals surface area contributed by atoms with Crippen LogP contribution in [-0.2, 0) is 0 Å². The lowest BCUT2D eigenvalue weighted by Gasteiger charge is -2.31. The Balaban J connectivity index is 2.57. The number of thiophene rings is 1. The second-order valence-electron chi connectivity index (χ2n) is 6.20. The van der Waals surface area contributed by atoms with Gasteiger partial charge in [0.15, 0.2) is 5.96 Å². The highest BCUT2D eigenvalue weighted by molar-refractivity contribution is 7.10. The van der Waals surface area contributed by atoms with E-state index in [0.29, 0.717) is 5.92 Å². The summed E-state index contributed by atoms with van der Waals surface area (Å²) in [6, 6.07) is 4.30. The van der Waals surface area contributed by atoms with Crippen molar-refractivity contribution in [3.05, 3.63) is 22.4 Å². The van der Waals surface area contributed by atoms with Gasteiger partial charge in [-0.2, -0.15) is 0 Å².